The zero-order valence-corrected chi connectivity index (χ0v) is 15.7. The van der Waals surface area contributed by atoms with Crippen LogP contribution in [0.5, 0.6) is 11.5 Å². The summed E-state index contributed by atoms with van der Waals surface area (Å²) in [6, 6.07) is 5.93. The van der Waals surface area contributed by atoms with Crippen molar-refractivity contribution in [2.75, 3.05) is 13.2 Å². The number of rotatable bonds is 3. The minimum Gasteiger partial charge on any atom is -0.490 e. The van der Waals surface area contributed by atoms with E-state index in [4.69, 9.17) is 9.47 Å². The van der Waals surface area contributed by atoms with Crippen LogP contribution in [0.15, 0.2) is 27.9 Å². The van der Waals surface area contributed by atoms with Crippen LogP contribution >= 0.6 is 23.1 Å². The molecule has 3 heterocycles. The van der Waals surface area contributed by atoms with Gasteiger partial charge in [-0.05, 0) is 37.6 Å². The van der Waals surface area contributed by atoms with Gasteiger partial charge < -0.3 is 14.5 Å². The molecule has 5 nitrogen and oxygen atoms in total. The van der Waals surface area contributed by atoms with E-state index in [2.05, 4.69) is 9.97 Å². The number of aromatic nitrogens is 2. The van der Waals surface area contributed by atoms with Crippen molar-refractivity contribution in [3.63, 3.8) is 0 Å². The molecule has 0 bridgehead atoms. The molecule has 0 amide bonds. The molecule has 0 fully saturated rings. The highest BCUT2D eigenvalue weighted by Gasteiger charge is 2.13. The van der Waals surface area contributed by atoms with Crippen molar-refractivity contribution < 1.29 is 9.47 Å². The van der Waals surface area contributed by atoms with Crippen molar-refractivity contribution in [1.29, 1.82) is 0 Å². The van der Waals surface area contributed by atoms with Gasteiger partial charge in [-0.15, -0.1) is 23.1 Å². The third kappa shape index (κ3) is 3.26. The minimum atomic E-state index is -0.0545. The van der Waals surface area contributed by atoms with Gasteiger partial charge in [0.1, 0.15) is 10.7 Å². The Kier molecular flexibility index (Phi) is 4.43. The van der Waals surface area contributed by atoms with Crippen LogP contribution in [0.25, 0.3) is 10.2 Å². The number of hydrogen-bond acceptors (Lipinski definition) is 6. The summed E-state index contributed by atoms with van der Waals surface area (Å²) in [5.41, 5.74) is 0.969. The predicted molar refractivity (Wildman–Crippen MR) is 101 cm³/mol. The molecule has 0 atom stereocenters. The molecule has 0 saturated heterocycles. The third-order valence-corrected chi connectivity index (χ3v) is 6.29. The number of hydrogen-bond donors (Lipinski definition) is 1. The van der Waals surface area contributed by atoms with E-state index >= 15 is 0 Å². The number of aromatic amines is 1. The second-order valence-corrected chi connectivity index (χ2v) is 8.18. The molecule has 0 aliphatic carbocycles. The number of nitrogens with one attached hydrogen (secondary N) is 1. The lowest BCUT2D eigenvalue weighted by atomic mass is 10.2. The highest BCUT2D eigenvalue weighted by Crippen LogP contribution is 2.35. The quantitative estimate of drug-likeness (QED) is 0.701. The fraction of sp³-hybridized carbons (Fsp3) is 0.333. The van der Waals surface area contributed by atoms with Gasteiger partial charge in [0.15, 0.2) is 11.5 Å². The summed E-state index contributed by atoms with van der Waals surface area (Å²) in [5.74, 6) is 2.86. The molecule has 4 rings (SSSR count). The molecule has 0 unspecified atom stereocenters. The van der Waals surface area contributed by atoms with Gasteiger partial charge in [0.05, 0.1) is 24.4 Å². The molecule has 1 N–H and O–H groups in total. The lowest BCUT2D eigenvalue weighted by molar-refractivity contribution is 0.297. The molecule has 0 radical (unpaired) electrons. The first-order valence-electron chi connectivity index (χ1n) is 8.13. The number of fused-ring (bicyclic) bond motifs is 2. The van der Waals surface area contributed by atoms with E-state index in [-0.39, 0.29) is 5.56 Å². The highest BCUT2D eigenvalue weighted by molar-refractivity contribution is 7.98. The summed E-state index contributed by atoms with van der Waals surface area (Å²) in [6.07, 6.45) is 0.891. The topological polar surface area (TPSA) is 64.2 Å². The number of H-pyrrole nitrogens is 1. The molecule has 1 aliphatic heterocycles. The Bertz CT molecular complexity index is 994. The average molecular weight is 374 g/mol. The minimum absolute atomic E-state index is 0.0545. The van der Waals surface area contributed by atoms with Crippen LogP contribution in [0.2, 0.25) is 0 Å². The van der Waals surface area contributed by atoms with E-state index in [0.717, 1.165) is 38.1 Å². The van der Waals surface area contributed by atoms with E-state index < -0.39 is 0 Å². The van der Waals surface area contributed by atoms with Crippen LogP contribution < -0.4 is 15.0 Å². The largest absolute Gasteiger partial charge is 0.490 e. The van der Waals surface area contributed by atoms with E-state index in [9.17, 15) is 4.79 Å². The molecule has 0 saturated carbocycles. The van der Waals surface area contributed by atoms with Gasteiger partial charge >= 0.3 is 0 Å². The van der Waals surface area contributed by atoms with Gasteiger partial charge in [0.25, 0.3) is 5.56 Å². The Morgan fingerprint density at radius 2 is 2.04 bits per heavy atom. The standard InChI is InChI=1S/C18H18N2O3S2/c1-10-11(2)25-18-16(10)17(21)19-15(20-18)9-24-12-4-5-13-14(8-12)23-7-3-6-22-13/h4-5,8H,3,6-7,9H2,1-2H3,(H,19,20,21). The second-order valence-electron chi connectivity index (χ2n) is 5.92. The van der Waals surface area contributed by atoms with E-state index in [1.807, 2.05) is 32.0 Å². The van der Waals surface area contributed by atoms with Crippen LogP contribution in [0.1, 0.15) is 22.7 Å². The number of thioether (sulfide) groups is 1. The summed E-state index contributed by atoms with van der Waals surface area (Å²) >= 11 is 3.19. The molecule has 25 heavy (non-hydrogen) atoms. The normalized spacial score (nSPS) is 13.8. The van der Waals surface area contributed by atoms with E-state index in [1.165, 1.54) is 0 Å². The monoisotopic (exact) mass is 374 g/mol. The van der Waals surface area contributed by atoms with Crippen molar-refractivity contribution >= 4 is 33.3 Å². The van der Waals surface area contributed by atoms with Crippen molar-refractivity contribution in [2.24, 2.45) is 0 Å². The summed E-state index contributed by atoms with van der Waals surface area (Å²) < 4.78 is 11.4. The van der Waals surface area contributed by atoms with Gasteiger partial charge in [-0.3, -0.25) is 4.79 Å². The van der Waals surface area contributed by atoms with Gasteiger partial charge in [-0.25, -0.2) is 4.98 Å². The van der Waals surface area contributed by atoms with Crippen LogP contribution in [0.4, 0.5) is 0 Å². The molecule has 2 aromatic heterocycles. The van der Waals surface area contributed by atoms with Crippen LogP contribution in [-0.4, -0.2) is 23.2 Å². The van der Waals surface area contributed by atoms with E-state index in [1.54, 1.807) is 23.1 Å². The van der Waals surface area contributed by atoms with Crippen LogP contribution in [-0.2, 0) is 5.75 Å². The lowest BCUT2D eigenvalue weighted by Gasteiger charge is -2.09. The molecular formula is C18H18N2O3S2. The van der Waals surface area contributed by atoms with E-state index in [0.29, 0.717) is 30.2 Å². The Balaban J connectivity index is 1.56. The first-order chi connectivity index (χ1) is 12.1. The maximum absolute atomic E-state index is 12.3. The molecule has 130 valence electrons. The Morgan fingerprint density at radius 1 is 1.24 bits per heavy atom. The second kappa shape index (κ2) is 6.72. The lowest BCUT2D eigenvalue weighted by Crippen LogP contribution is -2.10. The zero-order valence-electron chi connectivity index (χ0n) is 14.0. The average Bonchev–Trinajstić information content (AvgIpc) is 2.76. The molecule has 1 aliphatic rings. The van der Waals surface area contributed by atoms with Gasteiger partial charge in [0, 0.05) is 16.2 Å². The predicted octanol–water partition coefficient (Wildman–Crippen LogP) is 4.06. The Morgan fingerprint density at radius 3 is 2.88 bits per heavy atom. The fourth-order valence-corrected chi connectivity index (χ4v) is 4.60. The zero-order chi connectivity index (χ0) is 17.4. The first-order valence-corrected chi connectivity index (χ1v) is 9.93. The van der Waals surface area contributed by atoms with Gasteiger partial charge in [-0.1, -0.05) is 0 Å². The molecule has 1 aromatic carbocycles. The summed E-state index contributed by atoms with van der Waals surface area (Å²) in [7, 11) is 0. The molecule has 0 spiro atoms. The van der Waals surface area contributed by atoms with Crippen LogP contribution in [0.3, 0.4) is 0 Å². The Hall–Kier alpha value is -1.99. The van der Waals surface area contributed by atoms with Crippen molar-refractivity contribution in [1.82, 2.24) is 9.97 Å². The number of aryl methyl sites for hydroxylation is 2. The summed E-state index contributed by atoms with van der Waals surface area (Å²) in [5, 5.41) is 0.715. The van der Waals surface area contributed by atoms with Crippen LogP contribution in [0, 0.1) is 13.8 Å². The summed E-state index contributed by atoms with van der Waals surface area (Å²) in [4.78, 5) is 22.9. The Labute approximate surface area is 153 Å². The maximum Gasteiger partial charge on any atom is 0.259 e. The van der Waals surface area contributed by atoms with Crippen molar-refractivity contribution in [3.05, 3.63) is 44.8 Å². The number of thiophene rings is 1. The van der Waals surface area contributed by atoms with Gasteiger partial charge in [0.2, 0.25) is 0 Å². The third-order valence-electron chi connectivity index (χ3n) is 4.18. The molecule has 7 heteroatoms. The van der Waals surface area contributed by atoms with Gasteiger partial charge in [-0.2, -0.15) is 0 Å². The molecular weight excluding hydrogens is 356 g/mol. The number of nitrogens with zero attached hydrogens (tertiary/aromatic N) is 1. The number of ether oxygens (including phenoxy) is 2. The van der Waals surface area contributed by atoms with Crippen molar-refractivity contribution in [3.8, 4) is 11.5 Å². The molecule has 3 aromatic rings. The maximum atomic E-state index is 12.3. The van der Waals surface area contributed by atoms with Crippen molar-refractivity contribution in [2.45, 2.75) is 30.9 Å². The smallest absolute Gasteiger partial charge is 0.259 e. The fourth-order valence-electron chi connectivity index (χ4n) is 2.75. The highest BCUT2D eigenvalue weighted by atomic mass is 32.2. The number of benzene rings is 1. The summed E-state index contributed by atoms with van der Waals surface area (Å²) in [6.45, 7) is 5.35. The first kappa shape index (κ1) is 16.5. The SMILES string of the molecule is Cc1sc2nc(CSc3ccc4c(c3)OCCCO4)[nH]c(=O)c2c1C.